The molecule has 0 heterocycles. The predicted octanol–water partition coefficient (Wildman–Crippen LogP) is 6.20. The molecule has 0 spiro atoms. The van der Waals surface area contributed by atoms with Crippen LogP contribution in [0.5, 0.6) is 0 Å². The average molecular weight is 303 g/mol. The Balaban J connectivity index is 4.20. The molecule has 0 bridgehead atoms. The van der Waals surface area contributed by atoms with Crippen LogP contribution in [0, 0.1) is 0 Å². The van der Waals surface area contributed by atoms with Crippen molar-refractivity contribution in [3.63, 3.8) is 0 Å². The molecule has 0 aliphatic carbocycles. The van der Waals surface area contributed by atoms with Crippen molar-refractivity contribution in [3.05, 3.63) is 0 Å². The lowest BCUT2D eigenvalue weighted by molar-refractivity contribution is 0.332. The summed E-state index contributed by atoms with van der Waals surface area (Å²) in [5.74, 6) is 0. The molecule has 0 fully saturated rings. The third kappa shape index (κ3) is 12.0. The van der Waals surface area contributed by atoms with Crippen molar-refractivity contribution in [2.45, 2.75) is 96.9 Å². The van der Waals surface area contributed by atoms with Crippen molar-refractivity contribution in [2.75, 3.05) is 13.3 Å². The Bertz CT molecular complexity index is 274. The lowest BCUT2D eigenvalue weighted by Crippen LogP contribution is -2.39. The number of rotatable bonds is 13. The van der Waals surface area contributed by atoms with Gasteiger partial charge in [0.25, 0.3) is 0 Å². The van der Waals surface area contributed by atoms with Crippen LogP contribution in [0.1, 0.15) is 91.4 Å². The topological polar surface area (TPSA) is 29.1 Å². The summed E-state index contributed by atoms with van der Waals surface area (Å²) < 4.78 is 12.1. The highest BCUT2D eigenvalue weighted by molar-refractivity contribution is 7.60. The van der Waals surface area contributed by atoms with Crippen molar-refractivity contribution < 1.29 is 4.57 Å². The summed E-state index contributed by atoms with van der Waals surface area (Å²) in [6.07, 6.45) is 14.1. The standard InChI is InChI=1S/C17H38NOP/c1-6-8-10-12-14-16-17(3,18-20(4,5)19)15-13-11-9-7-2/h6-16H2,1-5H3,(H,18,19). The maximum Gasteiger partial charge on any atom is 0.142 e. The fourth-order valence-electron chi connectivity index (χ4n) is 2.95. The highest BCUT2D eigenvalue weighted by Crippen LogP contribution is 2.37. The molecule has 1 unspecified atom stereocenters. The highest BCUT2D eigenvalue weighted by atomic mass is 31.2. The number of hydrogen-bond acceptors (Lipinski definition) is 1. The monoisotopic (exact) mass is 303 g/mol. The number of unbranched alkanes of at least 4 members (excludes halogenated alkanes) is 7. The molecule has 1 atom stereocenters. The van der Waals surface area contributed by atoms with E-state index in [2.05, 4.69) is 25.9 Å². The molecule has 0 amide bonds. The lowest BCUT2D eigenvalue weighted by Gasteiger charge is -2.33. The van der Waals surface area contributed by atoms with Gasteiger partial charge in [-0.05, 0) is 19.8 Å². The van der Waals surface area contributed by atoms with Crippen LogP contribution in [-0.4, -0.2) is 18.9 Å². The second-order valence-electron chi connectivity index (χ2n) is 7.00. The third-order valence-electron chi connectivity index (χ3n) is 3.95. The van der Waals surface area contributed by atoms with Crippen LogP contribution in [0.15, 0.2) is 0 Å². The minimum atomic E-state index is -2.15. The third-order valence-corrected chi connectivity index (χ3v) is 5.03. The van der Waals surface area contributed by atoms with Gasteiger partial charge in [-0.3, -0.25) is 5.09 Å². The van der Waals surface area contributed by atoms with Crippen LogP contribution >= 0.6 is 7.29 Å². The minimum absolute atomic E-state index is 0.0684. The van der Waals surface area contributed by atoms with Crippen molar-refractivity contribution in [2.24, 2.45) is 0 Å². The normalized spacial score (nSPS) is 15.2. The molecular formula is C17H38NOP. The van der Waals surface area contributed by atoms with Crippen molar-refractivity contribution in [3.8, 4) is 0 Å². The van der Waals surface area contributed by atoms with Gasteiger partial charge in [-0.2, -0.15) is 0 Å². The van der Waals surface area contributed by atoms with Crippen LogP contribution < -0.4 is 5.09 Å². The fourth-order valence-corrected chi connectivity index (χ4v) is 4.47. The van der Waals surface area contributed by atoms with E-state index in [0.29, 0.717) is 0 Å². The Kier molecular flexibility index (Phi) is 11.0. The molecule has 0 aliphatic rings. The van der Waals surface area contributed by atoms with Crippen molar-refractivity contribution in [1.29, 1.82) is 0 Å². The first kappa shape index (κ1) is 20.2. The van der Waals surface area contributed by atoms with Crippen LogP contribution in [0.2, 0.25) is 0 Å². The Morgan fingerprint density at radius 1 is 0.800 bits per heavy atom. The quantitative estimate of drug-likeness (QED) is 0.324. The molecule has 0 aromatic heterocycles. The highest BCUT2D eigenvalue weighted by Gasteiger charge is 2.27. The number of hydrogen-bond donors (Lipinski definition) is 1. The largest absolute Gasteiger partial charge is 0.307 e. The van der Waals surface area contributed by atoms with Crippen LogP contribution in [0.4, 0.5) is 0 Å². The van der Waals surface area contributed by atoms with Gasteiger partial charge in [-0.25, -0.2) is 0 Å². The van der Waals surface area contributed by atoms with E-state index in [9.17, 15) is 4.57 Å². The van der Waals surface area contributed by atoms with Gasteiger partial charge in [0, 0.05) is 18.9 Å². The summed E-state index contributed by atoms with van der Waals surface area (Å²) in [6.45, 7) is 10.5. The maximum absolute atomic E-state index is 12.1. The molecule has 122 valence electrons. The van der Waals surface area contributed by atoms with Crippen molar-refractivity contribution >= 4 is 7.29 Å². The number of nitrogens with one attached hydrogen (secondary N) is 1. The predicted molar refractivity (Wildman–Crippen MR) is 93.1 cm³/mol. The molecule has 1 N–H and O–H groups in total. The van der Waals surface area contributed by atoms with Crippen LogP contribution in [-0.2, 0) is 4.57 Å². The molecule has 0 saturated heterocycles. The van der Waals surface area contributed by atoms with Crippen LogP contribution in [0.25, 0.3) is 0 Å². The summed E-state index contributed by atoms with van der Waals surface area (Å²) in [6, 6.07) is 0. The van der Waals surface area contributed by atoms with E-state index >= 15 is 0 Å². The van der Waals surface area contributed by atoms with Crippen molar-refractivity contribution in [1.82, 2.24) is 5.09 Å². The van der Waals surface area contributed by atoms with E-state index in [-0.39, 0.29) is 5.54 Å². The maximum atomic E-state index is 12.1. The van der Waals surface area contributed by atoms with Crippen LogP contribution in [0.3, 0.4) is 0 Å². The summed E-state index contributed by atoms with van der Waals surface area (Å²) in [4.78, 5) is 0. The minimum Gasteiger partial charge on any atom is -0.307 e. The van der Waals surface area contributed by atoms with Gasteiger partial charge in [0.1, 0.15) is 7.29 Å². The summed E-state index contributed by atoms with van der Waals surface area (Å²) in [7, 11) is -2.15. The molecule has 0 saturated carbocycles. The molecule has 0 aliphatic heterocycles. The molecule has 20 heavy (non-hydrogen) atoms. The smallest absolute Gasteiger partial charge is 0.142 e. The molecule has 0 rings (SSSR count). The summed E-state index contributed by atoms with van der Waals surface area (Å²) in [5, 5.41) is 3.46. The van der Waals surface area contributed by atoms with E-state index in [1.165, 1.54) is 57.8 Å². The molecule has 0 aromatic rings. The first-order valence-corrected chi connectivity index (χ1v) is 11.3. The van der Waals surface area contributed by atoms with Gasteiger partial charge in [-0.15, -0.1) is 0 Å². The molecule has 0 aromatic carbocycles. The Morgan fingerprint density at radius 2 is 1.20 bits per heavy atom. The first-order chi connectivity index (χ1) is 9.33. The first-order valence-electron chi connectivity index (χ1n) is 8.67. The second-order valence-corrected chi connectivity index (χ2v) is 9.92. The van der Waals surface area contributed by atoms with Gasteiger partial charge in [0.2, 0.25) is 0 Å². The molecule has 2 nitrogen and oxygen atoms in total. The lowest BCUT2D eigenvalue weighted by atomic mass is 9.89. The SMILES string of the molecule is CCCCCCCC(C)(CCCCCC)NP(C)(C)=O. The zero-order chi connectivity index (χ0) is 15.5. The Hall–Kier alpha value is 0.190. The van der Waals surface area contributed by atoms with Gasteiger partial charge < -0.3 is 4.57 Å². The summed E-state index contributed by atoms with van der Waals surface area (Å²) in [5.41, 5.74) is 0.0684. The Labute approximate surface area is 127 Å². The van der Waals surface area contributed by atoms with Gasteiger partial charge in [0.15, 0.2) is 0 Å². The van der Waals surface area contributed by atoms with E-state index < -0.39 is 7.29 Å². The van der Waals surface area contributed by atoms with E-state index in [0.717, 1.165) is 12.8 Å². The average Bonchev–Trinajstić information content (AvgIpc) is 2.32. The molecular weight excluding hydrogens is 265 g/mol. The molecule has 0 radical (unpaired) electrons. The fraction of sp³-hybridized carbons (Fsp3) is 1.00. The van der Waals surface area contributed by atoms with Gasteiger partial charge >= 0.3 is 0 Å². The summed E-state index contributed by atoms with van der Waals surface area (Å²) >= 11 is 0. The van der Waals surface area contributed by atoms with E-state index in [4.69, 9.17) is 0 Å². The second kappa shape index (κ2) is 10.9. The van der Waals surface area contributed by atoms with E-state index in [1.54, 1.807) is 0 Å². The molecule has 3 heteroatoms. The van der Waals surface area contributed by atoms with Gasteiger partial charge in [0.05, 0.1) is 0 Å². The zero-order valence-corrected chi connectivity index (χ0v) is 15.5. The Morgan fingerprint density at radius 3 is 1.60 bits per heavy atom. The van der Waals surface area contributed by atoms with E-state index in [1.807, 2.05) is 13.3 Å². The van der Waals surface area contributed by atoms with Gasteiger partial charge in [-0.1, -0.05) is 71.6 Å². The zero-order valence-electron chi connectivity index (χ0n) is 14.6.